The lowest BCUT2D eigenvalue weighted by molar-refractivity contribution is -0.144. The van der Waals surface area contributed by atoms with Crippen LogP contribution in [0.1, 0.15) is 45.2 Å². The summed E-state index contributed by atoms with van der Waals surface area (Å²) in [6.07, 6.45) is 9.07. The first kappa shape index (κ1) is 24.5. The Morgan fingerprint density at radius 3 is 2.83 bits per heavy atom. The summed E-state index contributed by atoms with van der Waals surface area (Å²) < 4.78 is 24.3. The summed E-state index contributed by atoms with van der Waals surface area (Å²) in [5.74, 6) is 0.629. The van der Waals surface area contributed by atoms with Crippen LogP contribution in [0.2, 0.25) is 0 Å². The monoisotopic (exact) mass is 492 g/mol. The molecule has 1 N–H and O–H groups in total. The van der Waals surface area contributed by atoms with Crippen molar-refractivity contribution < 1.29 is 23.5 Å². The van der Waals surface area contributed by atoms with Crippen LogP contribution in [0.3, 0.4) is 0 Å². The van der Waals surface area contributed by atoms with Gasteiger partial charge in [-0.2, -0.15) is 0 Å². The van der Waals surface area contributed by atoms with Crippen LogP contribution in [-0.2, 0) is 14.3 Å². The number of esters is 1. The average Bonchev–Trinajstić information content (AvgIpc) is 3.15. The number of aromatic nitrogens is 1. The number of amides is 1. The van der Waals surface area contributed by atoms with Crippen molar-refractivity contribution >= 4 is 18.1 Å². The molecule has 36 heavy (non-hydrogen) atoms. The van der Waals surface area contributed by atoms with Crippen LogP contribution in [-0.4, -0.2) is 35.8 Å². The standard InChI is InChI=1S/C29H33FN2O4/c1-3-35-29(34)32-23-10-11-24-20(14-23)15-26-27(17(2)36-28(26)33)25(24)12-9-22-8-7-19(16-31-22)18-5-4-6-21(30)13-18/h4-9,12-13,16-17,20,23-27H,3,10-11,14-15H2,1-2H3,(H,32,34)/b12-9+/t17?,20?,23-,24?,25?,26?,27?/m1/s1. The van der Waals surface area contributed by atoms with Crippen molar-refractivity contribution in [2.75, 3.05) is 6.61 Å². The van der Waals surface area contributed by atoms with Gasteiger partial charge in [0.25, 0.3) is 0 Å². The fraction of sp³-hybridized carbons (Fsp3) is 0.483. The Balaban J connectivity index is 1.34. The van der Waals surface area contributed by atoms with Gasteiger partial charge in [0.05, 0.1) is 18.2 Å². The molecule has 7 heteroatoms. The molecule has 1 aliphatic heterocycles. The molecule has 0 spiro atoms. The van der Waals surface area contributed by atoms with Crippen LogP contribution in [0, 0.1) is 35.4 Å². The molecular weight excluding hydrogens is 459 g/mol. The number of carbonyl (C=O) groups excluding carboxylic acids is 2. The topological polar surface area (TPSA) is 77.5 Å². The maximum atomic E-state index is 13.6. The molecule has 1 saturated heterocycles. The number of benzene rings is 1. The van der Waals surface area contributed by atoms with Gasteiger partial charge in [-0.1, -0.05) is 24.3 Å². The third-order valence-corrected chi connectivity index (χ3v) is 8.18. The second-order valence-corrected chi connectivity index (χ2v) is 10.3. The number of rotatable bonds is 5. The van der Waals surface area contributed by atoms with Gasteiger partial charge in [-0.05, 0) is 87.1 Å². The number of halogens is 1. The van der Waals surface area contributed by atoms with E-state index in [2.05, 4.69) is 16.4 Å². The third-order valence-electron chi connectivity index (χ3n) is 8.18. The lowest BCUT2D eigenvalue weighted by atomic mass is 9.57. The maximum Gasteiger partial charge on any atom is 0.407 e. The quantitative estimate of drug-likeness (QED) is 0.548. The summed E-state index contributed by atoms with van der Waals surface area (Å²) >= 11 is 0. The Bertz CT molecular complexity index is 1130. The number of ether oxygens (including phenoxy) is 2. The summed E-state index contributed by atoms with van der Waals surface area (Å²) in [6.45, 7) is 4.15. The number of carbonyl (C=O) groups is 2. The molecule has 2 aliphatic carbocycles. The van der Waals surface area contributed by atoms with Crippen molar-refractivity contribution in [2.24, 2.45) is 29.6 Å². The lowest BCUT2D eigenvalue weighted by Crippen LogP contribution is -2.48. The van der Waals surface area contributed by atoms with Crippen molar-refractivity contribution in [1.82, 2.24) is 10.3 Å². The van der Waals surface area contributed by atoms with E-state index in [1.165, 1.54) is 12.1 Å². The van der Waals surface area contributed by atoms with E-state index in [0.717, 1.165) is 42.5 Å². The van der Waals surface area contributed by atoms with Crippen LogP contribution >= 0.6 is 0 Å². The Hall–Kier alpha value is -3.22. The van der Waals surface area contributed by atoms with Crippen molar-refractivity contribution in [3.8, 4) is 11.1 Å². The first-order valence-corrected chi connectivity index (χ1v) is 13.0. The summed E-state index contributed by atoms with van der Waals surface area (Å²) in [4.78, 5) is 29.2. The largest absolute Gasteiger partial charge is 0.462 e. The van der Waals surface area contributed by atoms with Gasteiger partial charge in [0.1, 0.15) is 11.9 Å². The number of hydrogen-bond donors (Lipinski definition) is 1. The smallest absolute Gasteiger partial charge is 0.407 e. The number of nitrogens with zero attached hydrogens (tertiary/aromatic N) is 1. The van der Waals surface area contributed by atoms with Gasteiger partial charge in [-0.25, -0.2) is 9.18 Å². The van der Waals surface area contributed by atoms with Gasteiger partial charge in [-0.3, -0.25) is 9.78 Å². The summed E-state index contributed by atoms with van der Waals surface area (Å²) in [5.41, 5.74) is 2.48. The van der Waals surface area contributed by atoms with E-state index in [4.69, 9.17) is 9.47 Å². The molecule has 2 aromatic rings. The van der Waals surface area contributed by atoms with Gasteiger partial charge < -0.3 is 14.8 Å². The second-order valence-electron chi connectivity index (χ2n) is 10.3. The van der Waals surface area contributed by atoms with Crippen LogP contribution in [0.15, 0.2) is 48.7 Å². The molecule has 3 aliphatic rings. The Labute approximate surface area is 211 Å². The summed E-state index contributed by atoms with van der Waals surface area (Å²) in [6, 6.07) is 10.4. The molecule has 6 nitrogen and oxygen atoms in total. The van der Waals surface area contributed by atoms with Gasteiger partial charge in [0.15, 0.2) is 0 Å². The molecule has 7 atom stereocenters. The highest BCUT2D eigenvalue weighted by Gasteiger charge is 2.54. The highest BCUT2D eigenvalue weighted by Crippen LogP contribution is 2.53. The van der Waals surface area contributed by atoms with Crippen LogP contribution in [0.4, 0.5) is 9.18 Å². The number of allylic oxidation sites excluding steroid dienone is 1. The number of alkyl carbamates (subject to hydrolysis) is 1. The normalized spacial score (nSPS) is 31.4. The zero-order valence-electron chi connectivity index (χ0n) is 20.7. The lowest BCUT2D eigenvalue weighted by Gasteiger charge is -2.47. The fourth-order valence-electron chi connectivity index (χ4n) is 6.64. The second kappa shape index (κ2) is 10.4. The number of cyclic esters (lactones) is 1. The molecule has 1 amide bonds. The van der Waals surface area contributed by atoms with Crippen molar-refractivity contribution in [2.45, 2.75) is 51.7 Å². The zero-order valence-corrected chi connectivity index (χ0v) is 20.7. The molecule has 1 aromatic heterocycles. The average molecular weight is 493 g/mol. The summed E-state index contributed by atoms with van der Waals surface area (Å²) in [5, 5.41) is 3.00. The first-order valence-electron chi connectivity index (χ1n) is 13.0. The molecule has 2 heterocycles. The van der Waals surface area contributed by atoms with Gasteiger partial charge in [0, 0.05) is 23.7 Å². The minimum Gasteiger partial charge on any atom is -0.462 e. The number of pyridine rings is 1. The van der Waals surface area contributed by atoms with Gasteiger partial charge in [-0.15, -0.1) is 0 Å². The van der Waals surface area contributed by atoms with Gasteiger partial charge >= 0.3 is 12.1 Å². The van der Waals surface area contributed by atoms with Crippen LogP contribution in [0.5, 0.6) is 0 Å². The van der Waals surface area contributed by atoms with E-state index in [9.17, 15) is 14.0 Å². The van der Waals surface area contributed by atoms with Crippen molar-refractivity contribution in [1.29, 1.82) is 0 Å². The van der Waals surface area contributed by atoms with E-state index >= 15 is 0 Å². The SMILES string of the molecule is CCOC(=O)N[C@@H]1CCC2C(CC3C(=O)OC(C)C3C2/C=C/c2ccc(-c3cccc(F)c3)cn2)C1. The molecule has 3 fully saturated rings. The minimum atomic E-state index is -0.368. The number of hydrogen-bond acceptors (Lipinski definition) is 5. The fourth-order valence-corrected chi connectivity index (χ4v) is 6.64. The van der Waals surface area contributed by atoms with Gasteiger partial charge in [0.2, 0.25) is 0 Å². The molecule has 0 bridgehead atoms. The molecule has 0 radical (unpaired) electrons. The highest BCUT2D eigenvalue weighted by atomic mass is 19.1. The third kappa shape index (κ3) is 5.01. The Morgan fingerprint density at radius 2 is 2.08 bits per heavy atom. The molecular formula is C29H33FN2O4. The van der Waals surface area contributed by atoms with E-state index in [1.807, 2.05) is 31.2 Å². The predicted octanol–water partition coefficient (Wildman–Crippen LogP) is 5.63. The molecule has 190 valence electrons. The molecule has 1 aromatic carbocycles. The van der Waals surface area contributed by atoms with E-state index < -0.39 is 0 Å². The number of nitrogens with one attached hydrogen (secondary N) is 1. The van der Waals surface area contributed by atoms with E-state index in [1.54, 1.807) is 19.2 Å². The first-order chi connectivity index (χ1) is 17.4. The molecule has 6 unspecified atom stereocenters. The van der Waals surface area contributed by atoms with Crippen LogP contribution < -0.4 is 5.32 Å². The van der Waals surface area contributed by atoms with Crippen LogP contribution in [0.25, 0.3) is 17.2 Å². The summed E-state index contributed by atoms with van der Waals surface area (Å²) in [7, 11) is 0. The Kier molecular flexibility index (Phi) is 7.08. The minimum absolute atomic E-state index is 0.0679. The Morgan fingerprint density at radius 1 is 1.22 bits per heavy atom. The molecule has 5 rings (SSSR count). The van der Waals surface area contributed by atoms with Crippen molar-refractivity contribution in [3.63, 3.8) is 0 Å². The predicted molar refractivity (Wildman–Crippen MR) is 134 cm³/mol. The maximum absolute atomic E-state index is 13.6. The highest BCUT2D eigenvalue weighted by molar-refractivity contribution is 5.75. The van der Waals surface area contributed by atoms with E-state index in [0.29, 0.717) is 18.4 Å². The molecule has 2 saturated carbocycles. The zero-order chi connectivity index (χ0) is 25.2. The van der Waals surface area contributed by atoms with E-state index in [-0.39, 0.29) is 47.8 Å². The number of fused-ring (bicyclic) bond motifs is 2. The van der Waals surface area contributed by atoms with Crippen molar-refractivity contribution in [3.05, 3.63) is 60.2 Å².